The number of benzene rings is 1. The molecule has 1 aromatic carbocycles. The average molecular weight is 413 g/mol. The Kier molecular flexibility index (Phi) is 8.71. The number of nitrogens with one attached hydrogen (secondary N) is 2. The summed E-state index contributed by atoms with van der Waals surface area (Å²) in [5.41, 5.74) is 2.56. The first kappa shape index (κ1) is 22.3. The molecule has 2 aromatic rings. The predicted molar refractivity (Wildman–Crippen MR) is 121 cm³/mol. The molecular weight excluding hydrogens is 376 g/mol. The van der Waals surface area contributed by atoms with Crippen molar-refractivity contribution in [2.24, 2.45) is 4.99 Å². The maximum Gasteiger partial charge on any atom is 0.191 e. The summed E-state index contributed by atoms with van der Waals surface area (Å²) in [6, 6.07) is 10.8. The Morgan fingerprint density at radius 3 is 2.53 bits per heavy atom. The van der Waals surface area contributed by atoms with Crippen molar-refractivity contribution >= 4 is 5.96 Å². The quantitative estimate of drug-likeness (QED) is 0.377. The molecule has 7 nitrogen and oxygen atoms in total. The van der Waals surface area contributed by atoms with E-state index in [0.717, 1.165) is 51.6 Å². The fraction of sp³-hybridized carbons (Fsp3) is 0.565. The molecule has 2 N–H and O–H groups in total. The molecule has 0 saturated carbocycles. The Balaban J connectivity index is 1.45. The van der Waals surface area contributed by atoms with E-state index in [2.05, 4.69) is 65.7 Å². The highest BCUT2D eigenvalue weighted by Gasteiger charge is 2.21. The molecule has 2 atom stereocenters. The molecular formula is C23H36N6O. The van der Waals surface area contributed by atoms with Gasteiger partial charge in [-0.3, -0.25) is 9.58 Å². The van der Waals surface area contributed by atoms with E-state index < -0.39 is 0 Å². The summed E-state index contributed by atoms with van der Waals surface area (Å²) in [6.07, 6.45) is 5.41. The number of rotatable bonds is 9. The van der Waals surface area contributed by atoms with Gasteiger partial charge < -0.3 is 15.4 Å². The lowest BCUT2D eigenvalue weighted by molar-refractivity contribution is -0.0704. The third-order valence-corrected chi connectivity index (χ3v) is 5.10. The van der Waals surface area contributed by atoms with Crippen molar-refractivity contribution in [3.8, 4) is 0 Å². The van der Waals surface area contributed by atoms with E-state index in [1.54, 1.807) is 0 Å². The van der Waals surface area contributed by atoms with Crippen molar-refractivity contribution in [3.63, 3.8) is 0 Å². The molecule has 30 heavy (non-hydrogen) atoms. The molecule has 2 heterocycles. The van der Waals surface area contributed by atoms with Gasteiger partial charge in [0.05, 0.1) is 18.8 Å². The molecule has 1 aliphatic rings. The Morgan fingerprint density at radius 2 is 1.87 bits per heavy atom. The van der Waals surface area contributed by atoms with Gasteiger partial charge in [-0.05, 0) is 44.4 Å². The van der Waals surface area contributed by atoms with Gasteiger partial charge in [0.25, 0.3) is 0 Å². The van der Waals surface area contributed by atoms with Crippen LogP contribution in [0, 0.1) is 0 Å². The lowest BCUT2D eigenvalue weighted by Crippen LogP contribution is -2.44. The van der Waals surface area contributed by atoms with Crippen molar-refractivity contribution in [2.75, 3.05) is 26.2 Å². The molecule has 0 bridgehead atoms. The summed E-state index contributed by atoms with van der Waals surface area (Å²) in [5.74, 6) is 0.860. The fourth-order valence-electron chi connectivity index (χ4n) is 3.81. The number of nitrogens with zero attached hydrogens (tertiary/aromatic N) is 4. The zero-order chi connectivity index (χ0) is 21.2. The third kappa shape index (κ3) is 7.46. The van der Waals surface area contributed by atoms with Crippen molar-refractivity contribution in [1.29, 1.82) is 0 Å². The van der Waals surface area contributed by atoms with E-state index in [4.69, 9.17) is 9.73 Å². The van der Waals surface area contributed by atoms with Crippen LogP contribution >= 0.6 is 0 Å². The molecule has 3 rings (SSSR count). The number of aliphatic imine (C=N–C) groups is 1. The first-order chi connectivity index (χ1) is 14.6. The van der Waals surface area contributed by atoms with E-state index in [9.17, 15) is 0 Å². The third-order valence-electron chi connectivity index (χ3n) is 5.10. The highest BCUT2D eigenvalue weighted by molar-refractivity contribution is 5.79. The minimum atomic E-state index is 0.305. The molecule has 1 aliphatic heterocycles. The van der Waals surface area contributed by atoms with Crippen molar-refractivity contribution < 1.29 is 4.74 Å². The molecule has 7 heteroatoms. The highest BCUT2D eigenvalue weighted by atomic mass is 16.5. The Bertz CT molecular complexity index is 749. The molecule has 1 saturated heterocycles. The van der Waals surface area contributed by atoms with Gasteiger partial charge in [-0.15, -0.1) is 0 Å². The predicted octanol–water partition coefficient (Wildman–Crippen LogP) is 2.64. The van der Waals surface area contributed by atoms with Crippen LogP contribution in [0.25, 0.3) is 0 Å². The zero-order valence-electron chi connectivity index (χ0n) is 18.6. The van der Waals surface area contributed by atoms with Crippen molar-refractivity contribution in [1.82, 2.24) is 25.3 Å². The Labute approximate surface area is 180 Å². The largest absolute Gasteiger partial charge is 0.373 e. The van der Waals surface area contributed by atoms with Gasteiger partial charge in [0.15, 0.2) is 5.96 Å². The van der Waals surface area contributed by atoms with E-state index >= 15 is 0 Å². The molecule has 0 spiro atoms. The second-order valence-electron chi connectivity index (χ2n) is 8.01. The summed E-state index contributed by atoms with van der Waals surface area (Å²) in [7, 11) is 0. The van der Waals surface area contributed by atoms with Gasteiger partial charge in [0.1, 0.15) is 0 Å². The van der Waals surface area contributed by atoms with Gasteiger partial charge in [0, 0.05) is 51.7 Å². The van der Waals surface area contributed by atoms with Crippen LogP contribution in [-0.4, -0.2) is 59.0 Å². The highest BCUT2D eigenvalue weighted by Crippen LogP contribution is 2.15. The van der Waals surface area contributed by atoms with Crippen LogP contribution in [0.3, 0.4) is 0 Å². The molecule has 1 fully saturated rings. The van der Waals surface area contributed by atoms with Crippen LogP contribution in [-0.2, 0) is 24.4 Å². The topological polar surface area (TPSA) is 66.7 Å². The zero-order valence-corrected chi connectivity index (χ0v) is 18.6. The normalized spacial score (nSPS) is 20.3. The summed E-state index contributed by atoms with van der Waals surface area (Å²) in [6.45, 7) is 12.6. The number of aryl methyl sites for hydroxylation is 1. The van der Waals surface area contributed by atoms with Gasteiger partial charge in [-0.2, -0.15) is 5.10 Å². The van der Waals surface area contributed by atoms with Crippen LogP contribution in [0.5, 0.6) is 0 Å². The Hall–Kier alpha value is -2.38. The van der Waals surface area contributed by atoms with Gasteiger partial charge in [-0.1, -0.05) is 24.3 Å². The van der Waals surface area contributed by atoms with E-state index in [0.29, 0.717) is 18.8 Å². The van der Waals surface area contributed by atoms with E-state index in [1.165, 1.54) is 11.1 Å². The molecule has 0 amide bonds. The number of morpholine rings is 1. The van der Waals surface area contributed by atoms with Gasteiger partial charge >= 0.3 is 0 Å². The minimum Gasteiger partial charge on any atom is -0.373 e. The smallest absolute Gasteiger partial charge is 0.191 e. The van der Waals surface area contributed by atoms with Crippen LogP contribution < -0.4 is 10.6 Å². The van der Waals surface area contributed by atoms with Crippen LogP contribution in [0.4, 0.5) is 0 Å². The second-order valence-corrected chi connectivity index (χ2v) is 8.01. The Morgan fingerprint density at radius 1 is 1.13 bits per heavy atom. The standard InChI is InChI=1S/C23H36N6O/c1-4-24-23(25-11-5-13-29-14-6-12-27-29)26-15-21-7-9-22(10-8-21)18-28-16-19(2)30-20(3)17-28/h6-10,12,14,19-20H,4-5,11,13,15-18H2,1-3H3,(H2,24,25,26). The molecule has 0 radical (unpaired) electrons. The van der Waals surface area contributed by atoms with Crippen LogP contribution in [0.2, 0.25) is 0 Å². The van der Waals surface area contributed by atoms with E-state index in [-0.39, 0.29) is 0 Å². The molecule has 0 aliphatic carbocycles. The average Bonchev–Trinajstić information content (AvgIpc) is 3.23. The SMILES string of the molecule is CCNC(=NCc1ccc(CN2CC(C)OC(C)C2)cc1)NCCCn1cccn1. The first-order valence-electron chi connectivity index (χ1n) is 11.1. The number of hydrogen-bond donors (Lipinski definition) is 2. The van der Waals surface area contributed by atoms with Crippen molar-refractivity contribution in [3.05, 3.63) is 53.9 Å². The summed E-state index contributed by atoms with van der Waals surface area (Å²) in [4.78, 5) is 7.20. The van der Waals surface area contributed by atoms with Crippen LogP contribution in [0.1, 0.15) is 38.3 Å². The van der Waals surface area contributed by atoms with Gasteiger partial charge in [-0.25, -0.2) is 4.99 Å². The number of ether oxygens (including phenoxy) is 1. The maximum atomic E-state index is 5.83. The summed E-state index contributed by atoms with van der Waals surface area (Å²) < 4.78 is 7.78. The number of guanidine groups is 1. The monoisotopic (exact) mass is 412 g/mol. The van der Waals surface area contributed by atoms with Crippen molar-refractivity contribution in [2.45, 2.75) is 59.0 Å². The number of hydrogen-bond acceptors (Lipinski definition) is 4. The maximum absolute atomic E-state index is 5.83. The lowest BCUT2D eigenvalue weighted by Gasteiger charge is -2.35. The lowest BCUT2D eigenvalue weighted by atomic mass is 10.1. The van der Waals surface area contributed by atoms with Crippen LogP contribution in [0.15, 0.2) is 47.7 Å². The molecule has 2 unspecified atom stereocenters. The number of aromatic nitrogens is 2. The molecule has 1 aromatic heterocycles. The molecule has 164 valence electrons. The summed E-state index contributed by atoms with van der Waals surface area (Å²) in [5, 5.41) is 11.0. The van der Waals surface area contributed by atoms with Gasteiger partial charge in [0.2, 0.25) is 0 Å². The fourth-order valence-corrected chi connectivity index (χ4v) is 3.81. The minimum absolute atomic E-state index is 0.305. The first-order valence-corrected chi connectivity index (χ1v) is 11.1. The second kappa shape index (κ2) is 11.7. The summed E-state index contributed by atoms with van der Waals surface area (Å²) >= 11 is 0. The van der Waals surface area contributed by atoms with E-state index in [1.807, 2.05) is 23.1 Å².